The second-order valence-electron chi connectivity index (χ2n) is 3.66. The lowest BCUT2D eigenvalue weighted by Crippen LogP contribution is -2.53. The molecule has 2 N–H and O–H groups in total. The Balaban J connectivity index is 2.81. The van der Waals surface area contributed by atoms with Crippen LogP contribution in [0.15, 0.2) is 0 Å². The van der Waals surface area contributed by atoms with Crippen LogP contribution in [0.4, 0.5) is 0 Å². The zero-order valence-corrected chi connectivity index (χ0v) is 8.93. The van der Waals surface area contributed by atoms with Gasteiger partial charge in [-0.05, 0) is 19.4 Å². The summed E-state index contributed by atoms with van der Waals surface area (Å²) >= 11 is 0. The molecule has 0 radical (unpaired) electrons. The minimum Gasteiger partial charge on any atom is -0.480 e. The molecule has 1 aliphatic rings. The highest BCUT2D eigenvalue weighted by Crippen LogP contribution is 2.23. The standard InChI is InChI=1S/C8H15NO4S/c1-2-4-9-8(7(10)11)3-5-14(12,13)6-8/h9H,2-6H2,1H3,(H,10,11). The SMILES string of the molecule is CCCNC1(C(=O)O)CCS(=O)(=O)C1. The highest BCUT2D eigenvalue weighted by atomic mass is 32.2. The van der Waals surface area contributed by atoms with Gasteiger partial charge >= 0.3 is 5.97 Å². The quantitative estimate of drug-likeness (QED) is 0.676. The van der Waals surface area contributed by atoms with Crippen LogP contribution in [-0.4, -0.2) is 43.1 Å². The number of hydrogen-bond acceptors (Lipinski definition) is 4. The van der Waals surface area contributed by atoms with E-state index in [1.807, 2.05) is 6.92 Å². The molecule has 1 aliphatic heterocycles. The molecular weight excluding hydrogens is 206 g/mol. The maximum absolute atomic E-state index is 11.2. The molecule has 1 rings (SSSR count). The van der Waals surface area contributed by atoms with Gasteiger partial charge in [0.15, 0.2) is 9.84 Å². The lowest BCUT2D eigenvalue weighted by atomic mass is 9.99. The van der Waals surface area contributed by atoms with Crippen LogP contribution in [-0.2, 0) is 14.6 Å². The number of sulfone groups is 1. The largest absolute Gasteiger partial charge is 0.480 e. The fourth-order valence-electron chi connectivity index (χ4n) is 1.60. The van der Waals surface area contributed by atoms with Crippen LogP contribution < -0.4 is 5.32 Å². The Morgan fingerprint density at radius 3 is 2.57 bits per heavy atom. The minimum absolute atomic E-state index is 0.0317. The second-order valence-corrected chi connectivity index (χ2v) is 5.84. The summed E-state index contributed by atoms with van der Waals surface area (Å²) in [5.74, 6) is -1.38. The molecule has 82 valence electrons. The van der Waals surface area contributed by atoms with E-state index in [0.717, 1.165) is 6.42 Å². The molecule has 14 heavy (non-hydrogen) atoms. The maximum Gasteiger partial charge on any atom is 0.324 e. The topological polar surface area (TPSA) is 83.5 Å². The van der Waals surface area contributed by atoms with Crippen molar-refractivity contribution in [3.63, 3.8) is 0 Å². The van der Waals surface area contributed by atoms with Crippen molar-refractivity contribution in [2.24, 2.45) is 0 Å². The van der Waals surface area contributed by atoms with Gasteiger partial charge in [0.05, 0.1) is 11.5 Å². The molecule has 6 heteroatoms. The summed E-state index contributed by atoms with van der Waals surface area (Å²) < 4.78 is 22.4. The highest BCUT2D eigenvalue weighted by Gasteiger charge is 2.47. The van der Waals surface area contributed by atoms with Gasteiger partial charge in [0.25, 0.3) is 0 Å². The smallest absolute Gasteiger partial charge is 0.324 e. The highest BCUT2D eigenvalue weighted by molar-refractivity contribution is 7.91. The van der Waals surface area contributed by atoms with E-state index >= 15 is 0 Å². The molecule has 0 aliphatic carbocycles. The monoisotopic (exact) mass is 221 g/mol. The Kier molecular flexibility index (Phi) is 3.16. The first-order valence-electron chi connectivity index (χ1n) is 4.61. The maximum atomic E-state index is 11.2. The first kappa shape index (κ1) is 11.5. The zero-order chi connectivity index (χ0) is 10.8. The molecule has 0 aromatic heterocycles. The van der Waals surface area contributed by atoms with E-state index in [-0.39, 0.29) is 17.9 Å². The first-order chi connectivity index (χ1) is 6.42. The molecule has 5 nitrogen and oxygen atoms in total. The van der Waals surface area contributed by atoms with Crippen LogP contribution in [0.2, 0.25) is 0 Å². The van der Waals surface area contributed by atoms with Crippen LogP contribution in [0.1, 0.15) is 19.8 Å². The molecule has 1 saturated heterocycles. The summed E-state index contributed by atoms with van der Waals surface area (Å²) in [4.78, 5) is 11.0. The molecule has 0 aromatic rings. The Morgan fingerprint density at radius 1 is 1.57 bits per heavy atom. The van der Waals surface area contributed by atoms with E-state index in [0.29, 0.717) is 6.54 Å². The Labute approximate surface area is 83.4 Å². The van der Waals surface area contributed by atoms with Crippen molar-refractivity contribution in [3.05, 3.63) is 0 Å². The van der Waals surface area contributed by atoms with Gasteiger partial charge in [-0.1, -0.05) is 6.92 Å². The fourth-order valence-corrected chi connectivity index (χ4v) is 3.52. The number of carbonyl (C=O) groups is 1. The lowest BCUT2D eigenvalue weighted by molar-refractivity contribution is -0.143. The van der Waals surface area contributed by atoms with Gasteiger partial charge in [-0.2, -0.15) is 0 Å². The number of hydrogen-bond donors (Lipinski definition) is 2. The molecule has 1 unspecified atom stereocenters. The molecule has 0 bridgehead atoms. The second kappa shape index (κ2) is 3.86. The predicted molar refractivity (Wildman–Crippen MR) is 51.9 cm³/mol. The zero-order valence-electron chi connectivity index (χ0n) is 8.12. The van der Waals surface area contributed by atoms with Crippen molar-refractivity contribution < 1.29 is 18.3 Å². The molecule has 1 fully saturated rings. The van der Waals surface area contributed by atoms with Crippen LogP contribution in [0.5, 0.6) is 0 Å². The van der Waals surface area contributed by atoms with Crippen LogP contribution in [0, 0.1) is 0 Å². The molecular formula is C8H15NO4S. The third-order valence-electron chi connectivity index (χ3n) is 2.43. The Hall–Kier alpha value is -0.620. The molecule has 0 amide bonds. The van der Waals surface area contributed by atoms with Crippen molar-refractivity contribution in [1.29, 1.82) is 0 Å². The molecule has 1 heterocycles. The van der Waals surface area contributed by atoms with E-state index in [2.05, 4.69) is 5.32 Å². The summed E-state index contributed by atoms with van der Waals surface area (Å²) in [6.07, 6.45) is 0.958. The van der Waals surface area contributed by atoms with Crippen molar-refractivity contribution >= 4 is 15.8 Å². The summed E-state index contributed by atoms with van der Waals surface area (Å²) in [5, 5.41) is 11.8. The minimum atomic E-state index is -3.17. The number of nitrogens with one attached hydrogen (secondary N) is 1. The van der Waals surface area contributed by atoms with Gasteiger partial charge in [-0.15, -0.1) is 0 Å². The summed E-state index contributed by atoms with van der Waals surface area (Å²) in [7, 11) is -3.17. The summed E-state index contributed by atoms with van der Waals surface area (Å²) in [6, 6.07) is 0. The van der Waals surface area contributed by atoms with E-state index in [4.69, 9.17) is 5.11 Å². The van der Waals surface area contributed by atoms with Gasteiger partial charge < -0.3 is 10.4 Å². The average molecular weight is 221 g/mol. The van der Waals surface area contributed by atoms with Crippen LogP contribution >= 0.6 is 0 Å². The Bertz CT molecular complexity index is 324. The lowest BCUT2D eigenvalue weighted by Gasteiger charge is -2.23. The van der Waals surface area contributed by atoms with E-state index in [1.54, 1.807) is 0 Å². The van der Waals surface area contributed by atoms with E-state index in [9.17, 15) is 13.2 Å². The van der Waals surface area contributed by atoms with Crippen molar-refractivity contribution in [2.75, 3.05) is 18.1 Å². The van der Waals surface area contributed by atoms with Crippen LogP contribution in [0.25, 0.3) is 0 Å². The first-order valence-corrected chi connectivity index (χ1v) is 6.43. The van der Waals surface area contributed by atoms with Gasteiger partial charge in [0.2, 0.25) is 0 Å². The molecule has 0 spiro atoms. The van der Waals surface area contributed by atoms with Crippen molar-refractivity contribution in [3.8, 4) is 0 Å². The number of carboxylic acid groups (broad SMARTS) is 1. The number of carboxylic acids is 1. The Morgan fingerprint density at radius 2 is 2.21 bits per heavy atom. The van der Waals surface area contributed by atoms with Gasteiger partial charge in [-0.25, -0.2) is 8.42 Å². The molecule has 0 aromatic carbocycles. The van der Waals surface area contributed by atoms with Gasteiger partial charge in [0.1, 0.15) is 5.54 Å². The average Bonchev–Trinajstić information content (AvgIpc) is 2.40. The summed E-state index contributed by atoms with van der Waals surface area (Å²) in [6.45, 7) is 2.44. The van der Waals surface area contributed by atoms with E-state index < -0.39 is 21.3 Å². The normalized spacial score (nSPS) is 30.4. The van der Waals surface area contributed by atoms with Crippen molar-refractivity contribution in [2.45, 2.75) is 25.3 Å². The predicted octanol–water partition coefficient (Wildman–Crippen LogP) is -0.372. The number of aliphatic carboxylic acids is 1. The van der Waals surface area contributed by atoms with Gasteiger partial charge in [0, 0.05) is 0 Å². The third-order valence-corrected chi connectivity index (χ3v) is 4.19. The summed E-state index contributed by atoms with van der Waals surface area (Å²) in [5.41, 5.74) is -1.24. The molecule has 1 atom stereocenters. The fraction of sp³-hybridized carbons (Fsp3) is 0.875. The van der Waals surface area contributed by atoms with Crippen LogP contribution in [0.3, 0.4) is 0 Å². The number of rotatable bonds is 4. The van der Waals surface area contributed by atoms with E-state index in [1.165, 1.54) is 0 Å². The van der Waals surface area contributed by atoms with Crippen molar-refractivity contribution in [1.82, 2.24) is 5.32 Å². The van der Waals surface area contributed by atoms with Gasteiger partial charge in [-0.3, -0.25) is 4.79 Å². The molecule has 0 saturated carbocycles. The third kappa shape index (κ3) is 2.24.